The van der Waals surface area contributed by atoms with E-state index in [1.54, 1.807) is 11.3 Å². The SMILES string of the molecule is COC(=O)C1=C(C(=O)OC)c2ccsc2C(c2ccccc2)S1. The molecule has 0 amide bonds. The van der Waals surface area contributed by atoms with E-state index in [9.17, 15) is 9.59 Å². The molecule has 1 unspecified atom stereocenters. The van der Waals surface area contributed by atoms with E-state index < -0.39 is 11.9 Å². The lowest BCUT2D eigenvalue weighted by atomic mass is 10.0. The molecule has 1 atom stereocenters. The van der Waals surface area contributed by atoms with Crippen LogP contribution in [0.15, 0.2) is 46.7 Å². The summed E-state index contributed by atoms with van der Waals surface area (Å²) in [5, 5.41) is 1.87. The molecule has 1 aliphatic heterocycles. The van der Waals surface area contributed by atoms with E-state index in [2.05, 4.69) is 0 Å². The average Bonchev–Trinajstić information content (AvgIpc) is 3.09. The van der Waals surface area contributed by atoms with Crippen LogP contribution in [0.2, 0.25) is 0 Å². The van der Waals surface area contributed by atoms with Crippen LogP contribution in [0, 0.1) is 0 Å². The minimum atomic E-state index is -0.524. The molecule has 0 radical (unpaired) electrons. The molecule has 1 aromatic carbocycles. The second-order valence-electron chi connectivity index (χ2n) is 4.79. The maximum atomic E-state index is 12.2. The molecule has 0 saturated carbocycles. The van der Waals surface area contributed by atoms with Crippen molar-refractivity contribution in [1.82, 2.24) is 0 Å². The molecule has 0 saturated heterocycles. The number of thioether (sulfide) groups is 1. The van der Waals surface area contributed by atoms with Crippen molar-refractivity contribution in [2.24, 2.45) is 0 Å². The Morgan fingerprint density at radius 2 is 1.70 bits per heavy atom. The Morgan fingerprint density at radius 3 is 2.35 bits per heavy atom. The van der Waals surface area contributed by atoms with E-state index in [-0.39, 0.29) is 10.8 Å². The summed E-state index contributed by atoms with van der Waals surface area (Å²) in [5.41, 5.74) is 2.11. The molecule has 6 heteroatoms. The lowest BCUT2D eigenvalue weighted by Crippen LogP contribution is -2.17. The van der Waals surface area contributed by atoms with Crippen LogP contribution in [0.5, 0.6) is 0 Å². The second kappa shape index (κ2) is 6.60. The molecular formula is C17H14O4S2. The predicted molar refractivity (Wildman–Crippen MR) is 91.1 cm³/mol. The fourth-order valence-electron chi connectivity index (χ4n) is 2.48. The fourth-order valence-corrected chi connectivity index (χ4v) is 4.95. The van der Waals surface area contributed by atoms with E-state index in [1.165, 1.54) is 26.0 Å². The zero-order valence-electron chi connectivity index (χ0n) is 12.6. The Hall–Kier alpha value is -2.05. The third kappa shape index (κ3) is 2.80. The van der Waals surface area contributed by atoms with Crippen LogP contribution < -0.4 is 0 Å². The van der Waals surface area contributed by atoms with Gasteiger partial charge in [0.15, 0.2) is 0 Å². The Bertz CT molecular complexity index is 777. The largest absolute Gasteiger partial charge is 0.465 e. The molecule has 0 N–H and O–H groups in total. The van der Waals surface area contributed by atoms with E-state index in [1.807, 2.05) is 41.8 Å². The standard InChI is InChI=1S/C17H14O4S2/c1-20-16(18)12-11-8-9-22-14(11)13(10-6-4-3-5-7-10)23-15(12)17(19)21-2/h3-9,13H,1-2H3. The first-order valence-electron chi connectivity index (χ1n) is 6.87. The monoisotopic (exact) mass is 346 g/mol. The molecular weight excluding hydrogens is 332 g/mol. The minimum absolute atomic E-state index is 0.0475. The molecule has 4 nitrogen and oxygen atoms in total. The number of ether oxygens (including phenoxy) is 2. The first-order chi connectivity index (χ1) is 11.2. The number of rotatable bonds is 3. The molecule has 0 fully saturated rings. The van der Waals surface area contributed by atoms with Crippen molar-refractivity contribution in [2.75, 3.05) is 14.2 Å². The summed E-state index contributed by atoms with van der Waals surface area (Å²) >= 11 is 2.90. The number of carbonyl (C=O) groups is 2. The van der Waals surface area contributed by atoms with Gasteiger partial charge in [0.2, 0.25) is 0 Å². The van der Waals surface area contributed by atoms with Crippen LogP contribution >= 0.6 is 23.1 Å². The van der Waals surface area contributed by atoms with E-state index in [4.69, 9.17) is 9.47 Å². The summed E-state index contributed by atoms with van der Waals surface area (Å²) in [6, 6.07) is 11.7. The maximum absolute atomic E-state index is 12.2. The summed E-state index contributed by atoms with van der Waals surface area (Å²) in [7, 11) is 2.62. The van der Waals surface area contributed by atoms with Crippen LogP contribution in [-0.4, -0.2) is 26.2 Å². The molecule has 118 valence electrons. The van der Waals surface area contributed by atoms with Gasteiger partial charge >= 0.3 is 11.9 Å². The van der Waals surface area contributed by atoms with Crippen molar-refractivity contribution in [3.8, 4) is 0 Å². The molecule has 1 aliphatic rings. The highest BCUT2D eigenvalue weighted by molar-refractivity contribution is 8.04. The molecule has 3 rings (SSSR count). The zero-order valence-corrected chi connectivity index (χ0v) is 14.2. The Balaban J connectivity index is 2.18. The number of methoxy groups -OCH3 is 2. The number of fused-ring (bicyclic) bond motifs is 1. The van der Waals surface area contributed by atoms with Gasteiger partial charge < -0.3 is 9.47 Å². The number of hydrogen-bond acceptors (Lipinski definition) is 6. The van der Waals surface area contributed by atoms with Gasteiger partial charge in [-0.3, -0.25) is 0 Å². The normalized spacial score (nSPS) is 16.7. The first kappa shape index (κ1) is 15.8. The molecule has 2 heterocycles. The van der Waals surface area contributed by atoms with Crippen molar-refractivity contribution in [2.45, 2.75) is 5.25 Å². The van der Waals surface area contributed by atoms with Crippen molar-refractivity contribution in [1.29, 1.82) is 0 Å². The Kier molecular flexibility index (Phi) is 4.54. The quantitative estimate of drug-likeness (QED) is 0.794. The van der Waals surface area contributed by atoms with Crippen molar-refractivity contribution < 1.29 is 19.1 Å². The lowest BCUT2D eigenvalue weighted by Gasteiger charge is -2.25. The van der Waals surface area contributed by atoms with Gasteiger partial charge in [0.1, 0.15) is 4.91 Å². The van der Waals surface area contributed by atoms with Crippen LogP contribution in [-0.2, 0) is 19.1 Å². The zero-order chi connectivity index (χ0) is 16.4. The van der Waals surface area contributed by atoms with Gasteiger partial charge in [-0.15, -0.1) is 23.1 Å². The smallest absolute Gasteiger partial charge is 0.345 e. The van der Waals surface area contributed by atoms with E-state index >= 15 is 0 Å². The number of benzene rings is 1. The minimum Gasteiger partial charge on any atom is -0.465 e. The molecule has 23 heavy (non-hydrogen) atoms. The topological polar surface area (TPSA) is 52.6 Å². The lowest BCUT2D eigenvalue weighted by molar-refractivity contribution is -0.137. The summed E-state index contributed by atoms with van der Waals surface area (Å²) < 4.78 is 9.74. The van der Waals surface area contributed by atoms with Gasteiger partial charge in [-0.05, 0) is 17.0 Å². The molecule has 1 aromatic heterocycles. The highest BCUT2D eigenvalue weighted by atomic mass is 32.2. The number of esters is 2. The average molecular weight is 346 g/mol. The van der Waals surface area contributed by atoms with E-state index in [0.29, 0.717) is 4.91 Å². The molecule has 0 bridgehead atoms. The van der Waals surface area contributed by atoms with Crippen molar-refractivity contribution in [3.63, 3.8) is 0 Å². The number of carbonyl (C=O) groups excluding carboxylic acids is 2. The number of thiophene rings is 1. The highest BCUT2D eigenvalue weighted by Crippen LogP contribution is 2.51. The molecule has 0 aliphatic carbocycles. The maximum Gasteiger partial charge on any atom is 0.345 e. The first-order valence-corrected chi connectivity index (χ1v) is 8.63. The second-order valence-corrected chi connectivity index (χ2v) is 6.86. The van der Waals surface area contributed by atoms with Crippen molar-refractivity contribution in [3.05, 3.63) is 62.7 Å². The van der Waals surface area contributed by atoms with Gasteiger partial charge in [-0.1, -0.05) is 30.3 Å². The third-order valence-electron chi connectivity index (χ3n) is 3.53. The number of hydrogen-bond donors (Lipinski definition) is 0. The Labute approximate surface area is 142 Å². The van der Waals surface area contributed by atoms with Crippen LogP contribution in [0.1, 0.15) is 21.3 Å². The summed E-state index contributed by atoms with van der Waals surface area (Å²) in [4.78, 5) is 25.7. The Morgan fingerprint density at radius 1 is 1.00 bits per heavy atom. The van der Waals surface area contributed by atoms with Gasteiger partial charge in [0.05, 0.1) is 25.0 Å². The summed E-state index contributed by atoms with van der Waals surface area (Å²) in [5.74, 6) is -1.04. The van der Waals surface area contributed by atoms with Crippen molar-refractivity contribution >= 4 is 40.6 Å². The summed E-state index contributed by atoms with van der Waals surface area (Å²) in [6.07, 6.45) is 0. The highest BCUT2D eigenvalue weighted by Gasteiger charge is 2.36. The third-order valence-corrected chi connectivity index (χ3v) is 6.01. The van der Waals surface area contributed by atoms with Gasteiger partial charge in [-0.2, -0.15) is 0 Å². The predicted octanol–water partition coefficient (Wildman–Crippen LogP) is 3.64. The van der Waals surface area contributed by atoms with Crippen LogP contribution in [0.3, 0.4) is 0 Å². The van der Waals surface area contributed by atoms with Gasteiger partial charge in [-0.25, -0.2) is 9.59 Å². The van der Waals surface area contributed by atoms with Gasteiger partial charge in [0.25, 0.3) is 0 Å². The van der Waals surface area contributed by atoms with Crippen LogP contribution in [0.4, 0.5) is 0 Å². The van der Waals surface area contributed by atoms with E-state index in [0.717, 1.165) is 16.0 Å². The fraction of sp³-hybridized carbons (Fsp3) is 0.176. The molecule has 2 aromatic rings. The van der Waals surface area contributed by atoms with Crippen LogP contribution in [0.25, 0.3) is 5.57 Å². The summed E-state index contributed by atoms with van der Waals surface area (Å²) in [6.45, 7) is 0. The van der Waals surface area contributed by atoms with Gasteiger partial charge in [0, 0.05) is 10.4 Å². The molecule has 0 spiro atoms.